The number of nitrogens with zero attached hydrogens (tertiary/aromatic N) is 1. The van der Waals surface area contributed by atoms with Gasteiger partial charge in [0, 0.05) is 37.8 Å². The van der Waals surface area contributed by atoms with Gasteiger partial charge in [-0.05, 0) is 43.5 Å². The minimum atomic E-state index is -3.50. The Labute approximate surface area is 130 Å². The maximum absolute atomic E-state index is 12.8. The van der Waals surface area contributed by atoms with E-state index in [0.717, 1.165) is 19.3 Å². The molecule has 2 bridgehead atoms. The second-order valence-electron chi connectivity index (χ2n) is 5.89. The molecule has 0 aliphatic carbocycles. The molecule has 2 N–H and O–H groups in total. The lowest BCUT2D eigenvalue weighted by atomic mass is 10.1. The van der Waals surface area contributed by atoms with Crippen molar-refractivity contribution in [3.8, 4) is 0 Å². The van der Waals surface area contributed by atoms with Gasteiger partial charge in [0.2, 0.25) is 10.0 Å². The van der Waals surface area contributed by atoms with Crippen LogP contribution in [0.4, 0.5) is 0 Å². The molecule has 0 spiro atoms. The Morgan fingerprint density at radius 3 is 2.55 bits per heavy atom. The Bertz CT molecular complexity index is 657. The van der Waals surface area contributed by atoms with Crippen LogP contribution in [-0.4, -0.2) is 50.9 Å². The van der Waals surface area contributed by atoms with Crippen LogP contribution in [0.2, 0.25) is 0 Å². The van der Waals surface area contributed by atoms with Crippen molar-refractivity contribution in [2.45, 2.75) is 36.2 Å². The molecule has 2 saturated heterocycles. The van der Waals surface area contributed by atoms with Gasteiger partial charge in [0.1, 0.15) is 0 Å². The summed E-state index contributed by atoms with van der Waals surface area (Å²) in [6.45, 7) is 1.07. The predicted molar refractivity (Wildman–Crippen MR) is 83.2 cm³/mol. The fourth-order valence-corrected chi connectivity index (χ4v) is 4.70. The summed E-state index contributed by atoms with van der Waals surface area (Å²) >= 11 is 0. The second kappa shape index (κ2) is 5.98. The molecule has 1 aromatic carbocycles. The monoisotopic (exact) mass is 323 g/mol. The second-order valence-corrected chi connectivity index (χ2v) is 7.83. The fourth-order valence-electron chi connectivity index (χ4n) is 3.20. The number of carbonyl (C=O) groups is 1. The third-order valence-corrected chi connectivity index (χ3v) is 6.35. The number of rotatable bonds is 3. The van der Waals surface area contributed by atoms with Crippen molar-refractivity contribution in [2.24, 2.45) is 0 Å². The average molecular weight is 323 g/mol. The number of sulfonamides is 1. The summed E-state index contributed by atoms with van der Waals surface area (Å²) in [4.78, 5) is 11.8. The van der Waals surface area contributed by atoms with Crippen molar-refractivity contribution < 1.29 is 13.2 Å². The van der Waals surface area contributed by atoms with Crippen LogP contribution < -0.4 is 10.6 Å². The van der Waals surface area contributed by atoms with Crippen LogP contribution in [0.1, 0.15) is 29.6 Å². The Kier molecular flexibility index (Phi) is 4.20. The Morgan fingerprint density at radius 1 is 1.18 bits per heavy atom. The molecule has 1 amide bonds. The van der Waals surface area contributed by atoms with E-state index in [9.17, 15) is 13.2 Å². The van der Waals surface area contributed by atoms with Crippen LogP contribution in [0.15, 0.2) is 29.2 Å². The maximum atomic E-state index is 12.8. The van der Waals surface area contributed by atoms with Gasteiger partial charge in [-0.1, -0.05) is 0 Å². The van der Waals surface area contributed by atoms with E-state index in [0.29, 0.717) is 24.7 Å². The number of amides is 1. The number of hydrogen-bond donors (Lipinski definition) is 2. The lowest BCUT2D eigenvalue weighted by Gasteiger charge is -2.23. The van der Waals surface area contributed by atoms with Gasteiger partial charge in [0.25, 0.3) is 5.91 Å². The summed E-state index contributed by atoms with van der Waals surface area (Å²) in [6.07, 6.45) is 3.03. The molecule has 2 unspecified atom stereocenters. The van der Waals surface area contributed by atoms with E-state index < -0.39 is 10.0 Å². The lowest BCUT2D eigenvalue weighted by molar-refractivity contribution is 0.0963. The topological polar surface area (TPSA) is 78.5 Å². The van der Waals surface area contributed by atoms with Crippen LogP contribution in [0, 0.1) is 0 Å². The third kappa shape index (κ3) is 2.88. The molecule has 0 radical (unpaired) electrons. The maximum Gasteiger partial charge on any atom is 0.251 e. The highest BCUT2D eigenvalue weighted by Gasteiger charge is 2.34. The lowest BCUT2D eigenvalue weighted by Crippen LogP contribution is -2.39. The highest BCUT2D eigenvalue weighted by Crippen LogP contribution is 2.25. The molecule has 0 aromatic heterocycles. The zero-order valence-electron chi connectivity index (χ0n) is 12.6. The smallest absolute Gasteiger partial charge is 0.251 e. The Balaban J connectivity index is 1.81. The molecule has 7 heteroatoms. The molecule has 6 nitrogen and oxygen atoms in total. The van der Waals surface area contributed by atoms with E-state index in [1.165, 1.54) is 12.1 Å². The van der Waals surface area contributed by atoms with Crippen LogP contribution >= 0.6 is 0 Å². The quantitative estimate of drug-likeness (QED) is 0.852. The molecule has 2 aliphatic rings. The van der Waals surface area contributed by atoms with Gasteiger partial charge in [-0.2, -0.15) is 4.31 Å². The molecule has 2 atom stereocenters. The summed E-state index contributed by atoms with van der Waals surface area (Å²) in [5.74, 6) is -0.222. The number of hydrogen-bond acceptors (Lipinski definition) is 4. The first-order valence-corrected chi connectivity index (χ1v) is 9.03. The summed E-state index contributed by atoms with van der Waals surface area (Å²) < 4.78 is 27.1. The van der Waals surface area contributed by atoms with Crippen molar-refractivity contribution in [1.82, 2.24) is 14.9 Å². The minimum absolute atomic E-state index is 0.222. The standard InChI is InChI=1S/C15H21N3O3S/c1-16-15(19)11-2-6-14(7-3-11)22(20,21)18-9-8-12-4-5-13(10-18)17-12/h2-3,6-7,12-13,17H,4-5,8-10H2,1H3,(H,16,19). The molecule has 3 rings (SSSR count). The number of fused-ring (bicyclic) bond motifs is 2. The van der Waals surface area contributed by atoms with Crippen molar-refractivity contribution in [2.75, 3.05) is 20.1 Å². The molecular formula is C15H21N3O3S. The molecule has 22 heavy (non-hydrogen) atoms. The van der Waals surface area contributed by atoms with Crippen LogP contribution in [0.25, 0.3) is 0 Å². The summed E-state index contributed by atoms with van der Waals surface area (Å²) in [5, 5.41) is 6.00. The number of benzene rings is 1. The Hall–Kier alpha value is -1.44. The first-order chi connectivity index (χ1) is 10.5. The molecule has 120 valence electrons. The first-order valence-electron chi connectivity index (χ1n) is 7.59. The van der Waals surface area contributed by atoms with E-state index in [-0.39, 0.29) is 16.8 Å². The number of nitrogens with one attached hydrogen (secondary N) is 2. The molecular weight excluding hydrogens is 302 g/mol. The van der Waals surface area contributed by atoms with Crippen molar-refractivity contribution in [3.63, 3.8) is 0 Å². The Morgan fingerprint density at radius 2 is 1.86 bits per heavy atom. The van der Waals surface area contributed by atoms with Crippen LogP contribution in [0.3, 0.4) is 0 Å². The SMILES string of the molecule is CNC(=O)c1ccc(S(=O)(=O)N2CCC3CCC(C2)N3)cc1. The zero-order chi connectivity index (χ0) is 15.7. The van der Waals surface area contributed by atoms with E-state index in [1.54, 1.807) is 23.5 Å². The molecule has 2 fully saturated rings. The largest absolute Gasteiger partial charge is 0.355 e. The van der Waals surface area contributed by atoms with Crippen molar-refractivity contribution in [1.29, 1.82) is 0 Å². The fraction of sp³-hybridized carbons (Fsp3) is 0.533. The van der Waals surface area contributed by atoms with E-state index in [1.807, 2.05) is 0 Å². The summed E-state index contributed by atoms with van der Waals surface area (Å²) in [5.41, 5.74) is 0.457. The van der Waals surface area contributed by atoms with Gasteiger partial charge < -0.3 is 10.6 Å². The van der Waals surface area contributed by atoms with Gasteiger partial charge in [-0.3, -0.25) is 4.79 Å². The zero-order valence-corrected chi connectivity index (χ0v) is 13.4. The first kappa shape index (κ1) is 15.5. The summed E-state index contributed by atoms with van der Waals surface area (Å²) in [7, 11) is -1.95. The molecule has 0 saturated carbocycles. The van der Waals surface area contributed by atoms with Gasteiger partial charge in [0.05, 0.1) is 4.90 Å². The van der Waals surface area contributed by atoms with Gasteiger partial charge >= 0.3 is 0 Å². The average Bonchev–Trinajstić information content (AvgIpc) is 2.85. The highest BCUT2D eigenvalue weighted by molar-refractivity contribution is 7.89. The normalized spacial score (nSPS) is 25.7. The van der Waals surface area contributed by atoms with Gasteiger partial charge in [0.15, 0.2) is 0 Å². The minimum Gasteiger partial charge on any atom is -0.355 e. The molecule has 1 aromatic rings. The van der Waals surface area contributed by atoms with Crippen molar-refractivity contribution >= 4 is 15.9 Å². The van der Waals surface area contributed by atoms with Crippen LogP contribution in [0.5, 0.6) is 0 Å². The van der Waals surface area contributed by atoms with Gasteiger partial charge in [-0.25, -0.2) is 8.42 Å². The van der Waals surface area contributed by atoms with Crippen LogP contribution in [-0.2, 0) is 10.0 Å². The van der Waals surface area contributed by atoms with Gasteiger partial charge in [-0.15, -0.1) is 0 Å². The third-order valence-electron chi connectivity index (χ3n) is 4.47. The van der Waals surface area contributed by atoms with E-state index in [4.69, 9.17) is 0 Å². The number of carbonyl (C=O) groups excluding carboxylic acids is 1. The predicted octanol–water partition coefficient (Wildman–Crippen LogP) is 0.561. The molecule has 2 heterocycles. The van der Waals surface area contributed by atoms with E-state index in [2.05, 4.69) is 10.6 Å². The highest BCUT2D eigenvalue weighted by atomic mass is 32.2. The molecule has 2 aliphatic heterocycles. The van der Waals surface area contributed by atoms with E-state index >= 15 is 0 Å². The van der Waals surface area contributed by atoms with Crippen molar-refractivity contribution in [3.05, 3.63) is 29.8 Å². The summed E-state index contributed by atoms with van der Waals surface area (Å²) in [6, 6.07) is 6.82.